The number of sulfonamides is 1. The quantitative estimate of drug-likeness (QED) is 0.925. The lowest BCUT2D eigenvalue weighted by molar-refractivity contribution is -0.120. The van der Waals surface area contributed by atoms with Crippen LogP contribution in [0.2, 0.25) is 0 Å². The third-order valence-corrected chi connectivity index (χ3v) is 5.44. The van der Waals surface area contributed by atoms with Gasteiger partial charge in [-0.05, 0) is 30.4 Å². The van der Waals surface area contributed by atoms with Gasteiger partial charge in [0, 0.05) is 24.7 Å². The molecule has 22 heavy (non-hydrogen) atoms. The van der Waals surface area contributed by atoms with Crippen molar-refractivity contribution in [2.75, 3.05) is 24.7 Å². The largest absolute Gasteiger partial charge is 0.326 e. The number of anilines is 1. The summed E-state index contributed by atoms with van der Waals surface area (Å²) in [6, 6.07) is 7.81. The van der Waals surface area contributed by atoms with Gasteiger partial charge in [0.15, 0.2) is 0 Å². The van der Waals surface area contributed by atoms with E-state index in [0.717, 1.165) is 11.3 Å². The van der Waals surface area contributed by atoms with Crippen LogP contribution in [0.15, 0.2) is 24.3 Å². The topological polar surface area (TPSA) is 66.5 Å². The maximum atomic E-state index is 12.4. The van der Waals surface area contributed by atoms with Crippen LogP contribution in [0.4, 0.5) is 5.69 Å². The molecular formula is C16H24N2O3S. The van der Waals surface area contributed by atoms with Crippen molar-refractivity contribution >= 4 is 21.6 Å². The fourth-order valence-electron chi connectivity index (χ4n) is 2.80. The Morgan fingerprint density at radius 1 is 1.23 bits per heavy atom. The first kappa shape index (κ1) is 17.0. The molecule has 5 nitrogen and oxygen atoms in total. The number of carbonyl (C=O) groups excluding carboxylic acids is 1. The summed E-state index contributed by atoms with van der Waals surface area (Å²) in [7, 11) is -3.15. The molecule has 0 aliphatic carbocycles. The van der Waals surface area contributed by atoms with Crippen molar-refractivity contribution < 1.29 is 13.2 Å². The number of hydrogen-bond donors (Lipinski definition) is 1. The van der Waals surface area contributed by atoms with Gasteiger partial charge in [-0.15, -0.1) is 0 Å². The molecule has 0 bridgehead atoms. The number of hydrogen-bond acceptors (Lipinski definition) is 3. The van der Waals surface area contributed by atoms with Crippen LogP contribution >= 0.6 is 0 Å². The van der Waals surface area contributed by atoms with E-state index in [-0.39, 0.29) is 11.8 Å². The molecule has 0 unspecified atom stereocenters. The van der Waals surface area contributed by atoms with Crippen molar-refractivity contribution in [3.63, 3.8) is 0 Å². The van der Waals surface area contributed by atoms with E-state index in [1.807, 2.05) is 24.3 Å². The Kier molecular flexibility index (Phi) is 5.24. The molecule has 1 aromatic rings. The van der Waals surface area contributed by atoms with Crippen LogP contribution in [0.25, 0.3) is 0 Å². The van der Waals surface area contributed by atoms with Gasteiger partial charge in [-0.3, -0.25) is 4.79 Å². The lowest BCUT2D eigenvalue weighted by Gasteiger charge is -2.29. The highest BCUT2D eigenvalue weighted by atomic mass is 32.2. The maximum absolute atomic E-state index is 12.4. The summed E-state index contributed by atoms with van der Waals surface area (Å²) in [5, 5.41) is 3.01. The highest BCUT2D eigenvalue weighted by Crippen LogP contribution is 2.26. The first-order valence-electron chi connectivity index (χ1n) is 7.64. The number of piperidine rings is 1. The van der Waals surface area contributed by atoms with E-state index in [1.54, 1.807) is 0 Å². The molecule has 122 valence electrons. The molecule has 1 aliphatic heterocycles. The summed E-state index contributed by atoms with van der Waals surface area (Å²) in [5.41, 5.74) is 1.97. The number of nitrogens with one attached hydrogen (secondary N) is 1. The Labute approximate surface area is 132 Å². The summed E-state index contributed by atoms with van der Waals surface area (Å²) in [5.74, 6) is 0.197. The van der Waals surface area contributed by atoms with E-state index in [0.29, 0.717) is 31.8 Å². The van der Waals surface area contributed by atoms with Crippen molar-refractivity contribution in [2.24, 2.45) is 5.92 Å². The van der Waals surface area contributed by atoms with Crippen LogP contribution in [0.1, 0.15) is 38.2 Å². The second-order valence-corrected chi connectivity index (χ2v) is 8.15. The van der Waals surface area contributed by atoms with Gasteiger partial charge >= 0.3 is 0 Å². The molecule has 0 aromatic heterocycles. The third kappa shape index (κ3) is 4.08. The molecule has 1 aromatic carbocycles. The summed E-state index contributed by atoms with van der Waals surface area (Å²) in [6.07, 6.45) is 2.36. The number of rotatable bonds is 4. The normalized spacial score (nSPS) is 17.6. The summed E-state index contributed by atoms with van der Waals surface area (Å²) >= 11 is 0. The first-order valence-corrected chi connectivity index (χ1v) is 9.48. The molecule has 1 fully saturated rings. The summed E-state index contributed by atoms with van der Waals surface area (Å²) in [6.45, 7) is 5.02. The number of amides is 1. The van der Waals surface area contributed by atoms with E-state index in [2.05, 4.69) is 19.2 Å². The smallest absolute Gasteiger partial charge is 0.227 e. The van der Waals surface area contributed by atoms with Crippen LogP contribution in [0, 0.1) is 5.92 Å². The van der Waals surface area contributed by atoms with E-state index in [4.69, 9.17) is 0 Å². The Bertz CT molecular complexity index is 633. The minimum Gasteiger partial charge on any atom is -0.326 e. The third-order valence-electron chi connectivity index (χ3n) is 4.13. The maximum Gasteiger partial charge on any atom is 0.227 e. The van der Waals surface area contributed by atoms with E-state index in [9.17, 15) is 13.2 Å². The second kappa shape index (κ2) is 6.79. The minimum atomic E-state index is -3.15. The Hall–Kier alpha value is -1.40. The molecule has 1 aliphatic rings. The number of para-hydroxylation sites is 1. The second-order valence-electron chi connectivity index (χ2n) is 6.17. The minimum absolute atomic E-state index is 0.0127. The lowest BCUT2D eigenvalue weighted by Crippen LogP contribution is -2.40. The average Bonchev–Trinajstić information content (AvgIpc) is 2.46. The highest BCUT2D eigenvalue weighted by molar-refractivity contribution is 7.88. The average molecular weight is 324 g/mol. The van der Waals surface area contributed by atoms with Crippen molar-refractivity contribution in [1.29, 1.82) is 0 Å². The molecule has 1 N–H and O–H groups in total. The van der Waals surface area contributed by atoms with Gasteiger partial charge in [-0.1, -0.05) is 32.0 Å². The van der Waals surface area contributed by atoms with Gasteiger partial charge in [0.05, 0.1) is 6.26 Å². The molecule has 2 rings (SSSR count). The molecule has 1 heterocycles. The van der Waals surface area contributed by atoms with E-state index < -0.39 is 10.0 Å². The zero-order valence-electron chi connectivity index (χ0n) is 13.4. The predicted molar refractivity (Wildman–Crippen MR) is 88.3 cm³/mol. The van der Waals surface area contributed by atoms with Crippen molar-refractivity contribution in [3.8, 4) is 0 Å². The van der Waals surface area contributed by atoms with Crippen molar-refractivity contribution in [3.05, 3.63) is 29.8 Å². The van der Waals surface area contributed by atoms with Crippen LogP contribution < -0.4 is 5.32 Å². The molecule has 1 saturated heterocycles. The van der Waals surface area contributed by atoms with Crippen LogP contribution in [0.3, 0.4) is 0 Å². The SMILES string of the molecule is CC(C)c1ccccc1NC(=O)C1CCN(S(C)(=O)=O)CC1. The zero-order valence-corrected chi connectivity index (χ0v) is 14.2. The molecular weight excluding hydrogens is 300 g/mol. The van der Waals surface area contributed by atoms with E-state index in [1.165, 1.54) is 10.6 Å². The fourth-order valence-corrected chi connectivity index (χ4v) is 3.67. The molecule has 0 spiro atoms. The van der Waals surface area contributed by atoms with Gasteiger partial charge < -0.3 is 5.32 Å². The first-order chi connectivity index (χ1) is 10.3. The molecule has 0 saturated carbocycles. The number of nitrogens with zero attached hydrogens (tertiary/aromatic N) is 1. The van der Waals surface area contributed by atoms with Crippen LogP contribution in [-0.2, 0) is 14.8 Å². The Morgan fingerprint density at radius 2 is 1.82 bits per heavy atom. The monoisotopic (exact) mass is 324 g/mol. The number of benzene rings is 1. The van der Waals surface area contributed by atoms with Gasteiger partial charge in [-0.2, -0.15) is 0 Å². The molecule has 0 radical (unpaired) electrons. The van der Waals surface area contributed by atoms with Gasteiger partial charge in [0.2, 0.25) is 15.9 Å². The highest BCUT2D eigenvalue weighted by Gasteiger charge is 2.29. The van der Waals surface area contributed by atoms with Gasteiger partial charge in [0.25, 0.3) is 0 Å². The Morgan fingerprint density at radius 3 is 2.36 bits per heavy atom. The van der Waals surface area contributed by atoms with E-state index >= 15 is 0 Å². The lowest BCUT2D eigenvalue weighted by atomic mass is 9.96. The summed E-state index contributed by atoms with van der Waals surface area (Å²) in [4.78, 5) is 12.4. The molecule has 6 heteroatoms. The van der Waals surface area contributed by atoms with Crippen molar-refractivity contribution in [1.82, 2.24) is 4.31 Å². The molecule has 0 atom stereocenters. The predicted octanol–water partition coefficient (Wildman–Crippen LogP) is 2.42. The Balaban J connectivity index is 2.00. The standard InChI is InChI=1S/C16H24N2O3S/c1-12(2)14-6-4-5-7-15(14)17-16(19)13-8-10-18(11-9-13)22(3,20)21/h4-7,12-13H,8-11H2,1-3H3,(H,17,19). The zero-order chi connectivity index (χ0) is 16.3. The molecule has 1 amide bonds. The van der Waals surface area contributed by atoms with Crippen LogP contribution in [0.5, 0.6) is 0 Å². The van der Waals surface area contributed by atoms with Gasteiger partial charge in [-0.25, -0.2) is 12.7 Å². The summed E-state index contributed by atoms with van der Waals surface area (Å²) < 4.78 is 24.4. The van der Waals surface area contributed by atoms with Gasteiger partial charge in [0.1, 0.15) is 0 Å². The van der Waals surface area contributed by atoms with Crippen molar-refractivity contribution in [2.45, 2.75) is 32.6 Å². The van der Waals surface area contributed by atoms with Crippen LogP contribution in [-0.4, -0.2) is 38.0 Å². The fraction of sp³-hybridized carbons (Fsp3) is 0.562. The number of carbonyl (C=O) groups is 1.